The summed E-state index contributed by atoms with van der Waals surface area (Å²) in [4.78, 5) is 17.1. The molecule has 3 nitrogen and oxygen atoms in total. The predicted octanol–water partition coefficient (Wildman–Crippen LogP) is 3.14. The van der Waals surface area contributed by atoms with Gasteiger partial charge in [0.2, 0.25) is 0 Å². The van der Waals surface area contributed by atoms with Crippen LogP contribution in [0.1, 0.15) is 11.4 Å². The first kappa shape index (κ1) is 12.5. The predicted molar refractivity (Wildman–Crippen MR) is 76.8 cm³/mol. The monoisotopic (exact) mass is 268 g/mol. The third-order valence-electron chi connectivity index (χ3n) is 3.37. The smallest absolute Gasteiger partial charge is 0.266 e. The highest BCUT2D eigenvalue weighted by atomic mass is 19.1. The van der Waals surface area contributed by atoms with E-state index in [1.807, 2.05) is 19.1 Å². The van der Waals surface area contributed by atoms with Crippen molar-refractivity contribution in [3.05, 3.63) is 70.0 Å². The molecule has 3 aromatic rings. The molecule has 0 saturated carbocycles. The van der Waals surface area contributed by atoms with Gasteiger partial charge in [0.25, 0.3) is 5.56 Å². The normalized spacial score (nSPS) is 10.9. The molecule has 0 unspecified atom stereocenters. The Morgan fingerprint density at radius 1 is 1.05 bits per heavy atom. The Morgan fingerprint density at radius 3 is 2.55 bits per heavy atom. The highest BCUT2D eigenvalue weighted by Gasteiger charge is 2.13. The molecule has 100 valence electrons. The van der Waals surface area contributed by atoms with Crippen LogP contribution in [0, 0.1) is 19.7 Å². The molecule has 0 aliphatic heterocycles. The number of fused-ring (bicyclic) bond motifs is 1. The fourth-order valence-electron chi connectivity index (χ4n) is 2.42. The summed E-state index contributed by atoms with van der Waals surface area (Å²) in [6.45, 7) is 3.56. The number of halogens is 1. The van der Waals surface area contributed by atoms with Crippen molar-refractivity contribution in [2.24, 2.45) is 0 Å². The molecule has 4 heteroatoms. The molecule has 2 aromatic carbocycles. The average molecular weight is 268 g/mol. The van der Waals surface area contributed by atoms with Crippen LogP contribution in [-0.4, -0.2) is 9.55 Å². The van der Waals surface area contributed by atoms with Gasteiger partial charge in [-0.05, 0) is 37.6 Å². The Bertz CT molecular complexity index is 868. The molecule has 0 atom stereocenters. The zero-order valence-corrected chi connectivity index (χ0v) is 11.2. The summed E-state index contributed by atoms with van der Waals surface area (Å²) in [5.41, 5.74) is 1.47. The first-order valence-electron chi connectivity index (χ1n) is 6.33. The Hall–Kier alpha value is -2.49. The number of rotatable bonds is 1. The van der Waals surface area contributed by atoms with Gasteiger partial charge in [-0.3, -0.25) is 9.36 Å². The van der Waals surface area contributed by atoms with E-state index in [-0.39, 0.29) is 11.2 Å². The number of hydrogen-bond donors (Lipinski definition) is 0. The highest BCUT2D eigenvalue weighted by Crippen LogP contribution is 2.17. The van der Waals surface area contributed by atoms with Gasteiger partial charge in [-0.25, -0.2) is 9.37 Å². The van der Waals surface area contributed by atoms with Crippen LogP contribution in [0.4, 0.5) is 4.39 Å². The minimum absolute atomic E-state index is 0.229. The molecule has 20 heavy (non-hydrogen) atoms. The second-order valence-electron chi connectivity index (χ2n) is 4.72. The van der Waals surface area contributed by atoms with E-state index in [4.69, 9.17) is 0 Å². The Labute approximate surface area is 115 Å². The van der Waals surface area contributed by atoms with Gasteiger partial charge in [0.1, 0.15) is 11.6 Å². The quantitative estimate of drug-likeness (QED) is 0.679. The van der Waals surface area contributed by atoms with Gasteiger partial charge in [0.15, 0.2) is 0 Å². The van der Waals surface area contributed by atoms with Crippen LogP contribution in [0.25, 0.3) is 16.6 Å². The van der Waals surface area contributed by atoms with Gasteiger partial charge in [-0.1, -0.05) is 24.3 Å². The molecule has 0 spiro atoms. The first-order chi connectivity index (χ1) is 9.59. The van der Waals surface area contributed by atoms with Crippen molar-refractivity contribution in [3.8, 4) is 5.69 Å². The van der Waals surface area contributed by atoms with Crippen molar-refractivity contribution in [1.29, 1.82) is 0 Å². The molecule has 0 saturated heterocycles. The molecule has 0 amide bonds. The minimum Gasteiger partial charge on any atom is -0.268 e. The van der Waals surface area contributed by atoms with Crippen LogP contribution >= 0.6 is 0 Å². The first-order valence-corrected chi connectivity index (χ1v) is 6.33. The summed E-state index contributed by atoms with van der Waals surface area (Å²) >= 11 is 0. The van der Waals surface area contributed by atoms with Crippen LogP contribution in [0.2, 0.25) is 0 Å². The van der Waals surface area contributed by atoms with E-state index in [0.717, 1.165) is 5.56 Å². The number of benzene rings is 2. The van der Waals surface area contributed by atoms with E-state index < -0.39 is 5.82 Å². The molecule has 1 aromatic heterocycles. The van der Waals surface area contributed by atoms with Crippen molar-refractivity contribution in [1.82, 2.24) is 9.55 Å². The molecule has 3 rings (SSSR count). The Balaban J connectivity index is 2.47. The van der Waals surface area contributed by atoms with Gasteiger partial charge >= 0.3 is 0 Å². The third kappa shape index (κ3) is 1.81. The lowest BCUT2D eigenvalue weighted by molar-refractivity contribution is 0.613. The lowest BCUT2D eigenvalue weighted by Gasteiger charge is -2.12. The largest absolute Gasteiger partial charge is 0.268 e. The van der Waals surface area contributed by atoms with E-state index in [9.17, 15) is 9.18 Å². The molecular formula is C16H13FN2O. The maximum absolute atomic E-state index is 13.9. The third-order valence-corrected chi connectivity index (χ3v) is 3.37. The second-order valence-corrected chi connectivity index (χ2v) is 4.72. The number of hydrogen-bond acceptors (Lipinski definition) is 2. The van der Waals surface area contributed by atoms with E-state index in [0.29, 0.717) is 16.7 Å². The van der Waals surface area contributed by atoms with Gasteiger partial charge < -0.3 is 0 Å². The Morgan fingerprint density at radius 2 is 1.80 bits per heavy atom. The summed E-state index contributed by atoms with van der Waals surface area (Å²) in [5, 5.41) is 0.529. The zero-order chi connectivity index (χ0) is 14.3. The SMILES string of the molecule is Cc1cccc2nc(C)n(-c3ccccc3F)c(=O)c12. The lowest BCUT2D eigenvalue weighted by Crippen LogP contribution is -2.23. The average Bonchev–Trinajstić information content (AvgIpc) is 2.40. The van der Waals surface area contributed by atoms with E-state index in [2.05, 4.69) is 4.98 Å². The molecule has 0 fully saturated rings. The molecule has 0 radical (unpaired) electrons. The van der Waals surface area contributed by atoms with Gasteiger partial charge in [0, 0.05) is 0 Å². The van der Waals surface area contributed by atoms with Gasteiger partial charge in [0.05, 0.1) is 16.6 Å². The molecule has 1 heterocycles. The van der Waals surface area contributed by atoms with E-state index >= 15 is 0 Å². The van der Waals surface area contributed by atoms with Crippen LogP contribution < -0.4 is 5.56 Å². The van der Waals surface area contributed by atoms with Crippen molar-refractivity contribution in [2.45, 2.75) is 13.8 Å². The minimum atomic E-state index is -0.438. The number of aromatic nitrogens is 2. The van der Waals surface area contributed by atoms with Gasteiger partial charge in [-0.2, -0.15) is 0 Å². The van der Waals surface area contributed by atoms with Gasteiger partial charge in [-0.15, -0.1) is 0 Å². The second kappa shape index (κ2) is 4.56. The number of nitrogens with zero attached hydrogens (tertiary/aromatic N) is 2. The fraction of sp³-hybridized carbons (Fsp3) is 0.125. The summed E-state index contributed by atoms with van der Waals surface area (Å²) in [6, 6.07) is 11.7. The summed E-state index contributed by atoms with van der Waals surface area (Å²) < 4.78 is 15.3. The molecular weight excluding hydrogens is 255 g/mol. The Kier molecular flexibility index (Phi) is 2.86. The molecule has 0 bridgehead atoms. The molecule has 0 N–H and O–H groups in total. The summed E-state index contributed by atoms with van der Waals surface area (Å²) in [6.07, 6.45) is 0. The number of para-hydroxylation sites is 1. The van der Waals surface area contributed by atoms with E-state index in [1.165, 1.54) is 10.6 Å². The van der Waals surface area contributed by atoms with Crippen molar-refractivity contribution < 1.29 is 4.39 Å². The maximum Gasteiger partial charge on any atom is 0.266 e. The zero-order valence-electron chi connectivity index (χ0n) is 11.2. The van der Waals surface area contributed by atoms with Crippen LogP contribution in [0.15, 0.2) is 47.3 Å². The summed E-state index contributed by atoms with van der Waals surface area (Å²) in [7, 11) is 0. The number of aryl methyl sites for hydroxylation is 2. The van der Waals surface area contributed by atoms with Crippen LogP contribution in [0.5, 0.6) is 0 Å². The molecule has 0 aliphatic rings. The van der Waals surface area contributed by atoms with Crippen molar-refractivity contribution in [2.75, 3.05) is 0 Å². The van der Waals surface area contributed by atoms with Crippen LogP contribution in [-0.2, 0) is 0 Å². The highest BCUT2D eigenvalue weighted by molar-refractivity contribution is 5.81. The summed E-state index contributed by atoms with van der Waals surface area (Å²) in [5.74, 6) is 0.0330. The standard InChI is InChI=1S/C16H13FN2O/c1-10-6-5-8-13-15(10)16(20)19(11(2)18-13)14-9-4-3-7-12(14)17/h3-9H,1-2H3. The van der Waals surface area contributed by atoms with Crippen LogP contribution in [0.3, 0.4) is 0 Å². The fourth-order valence-corrected chi connectivity index (χ4v) is 2.42. The maximum atomic E-state index is 13.9. The molecule has 0 aliphatic carbocycles. The lowest BCUT2D eigenvalue weighted by atomic mass is 10.1. The topological polar surface area (TPSA) is 34.9 Å². The van der Waals surface area contributed by atoms with Crippen molar-refractivity contribution >= 4 is 10.9 Å². The van der Waals surface area contributed by atoms with Crippen molar-refractivity contribution in [3.63, 3.8) is 0 Å². The van der Waals surface area contributed by atoms with E-state index in [1.54, 1.807) is 31.2 Å².